The number of hydrogen-bond donors (Lipinski definition) is 1. The molecule has 2 aromatic rings. The summed E-state index contributed by atoms with van der Waals surface area (Å²) in [4.78, 5) is 18.7. The molecule has 0 aromatic carbocycles. The highest BCUT2D eigenvalue weighted by Crippen LogP contribution is 2.21. The molecule has 2 rings (SSSR count). The fourth-order valence-electron chi connectivity index (χ4n) is 1.30. The second kappa shape index (κ2) is 3.06. The highest BCUT2D eigenvalue weighted by Gasteiger charge is 2.07. The van der Waals surface area contributed by atoms with Crippen molar-refractivity contribution < 1.29 is 9.90 Å². The lowest BCUT2D eigenvalue weighted by Crippen LogP contribution is -1.91. The molecule has 4 nitrogen and oxygen atoms in total. The van der Waals surface area contributed by atoms with Crippen LogP contribution in [0.25, 0.3) is 11.0 Å². The van der Waals surface area contributed by atoms with Gasteiger partial charge in [0.25, 0.3) is 0 Å². The minimum atomic E-state index is -0.135. The van der Waals surface area contributed by atoms with Gasteiger partial charge < -0.3 is 5.11 Å². The molecule has 4 heteroatoms. The summed E-state index contributed by atoms with van der Waals surface area (Å²) in [6.45, 7) is 1.89. The average Bonchev–Trinajstić information content (AvgIpc) is 2.18. The van der Waals surface area contributed by atoms with Crippen molar-refractivity contribution in [3.05, 3.63) is 29.6 Å². The summed E-state index contributed by atoms with van der Waals surface area (Å²) >= 11 is 0. The van der Waals surface area contributed by atoms with Crippen molar-refractivity contribution in [3.63, 3.8) is 0 Å². The Morgan fingerprint density at radius 3 is 2.86 bits per heavy atom. The Morgan fingerprint density at radius 1 is 1.36 bits per heavy atom. The van der Waals surface area contributed by atoms with E-state index >= 15 is 0 Å². The Hall–Kier alpha value is -1.97. The van der Waals surface area contributed by atoms with Crippen molar-refractivity contribution in [1.29, 1.82) is 0 Å². The fourth-order valence-corrected chi connectivity index (χ4v) is 1.30. The molecule has 0 saturated carbocycles. The van der Waals surface area contributed by atoms with Gasteiger partial charge in [-0.3, -0.25) is 14.8 Å². The highest BCUT2D eigenvalue weighted by atomic mass is 16.3. The van der Waals surface area contributed by atoms with E-state index in [0.717, 1.165) is 5.56 Å². The molecule has 0 aliphatic carbocycles. The molecular formula is C10H8N2O2. The number of fused-ring (bicyclic) bond motifs is 1. The van der Waals surface area contributed by atoms with E-state index in [-0.39, 0.29) is 11.3 Å². The van der Waals surface area contributed by atoms with E-state index in [0.29, 0.717) is 17.3 Å². The molecule has 0 aliphatic rings. The van der Waals surface area contributed by atoms with E-state index in [1.807, 2.05) is 13.0 Å². The van der Waals surface area contributed by atoms with Crippen LogP contribution < -0.4 is 0 Å². The first-order valence-electron chi connectivity index (χ1n) is 4.12. The van der Waals surface area contributed by atoms with Gasteiger partial charge in [-0.2, -0.15) is 0 Å². The maximum absolute atomic E-state index is 10.7. The van der Waals surface area contributed by atoms with Crippen molar-refractivity contribution >= 4 is 17.3 Å². The maximum Gasteiger partial charge on any atom is 0.156 e. The lowest BCUT2D eigenvalue weighted by atomic mass is 10.2. The molecule has 0 aliphatic heterocycles. The standard InChI is InChI=1S/C10H8N2O2/c1-6-2-8-10(12-3-6)7(5-13)9(14)4-11-8/h2-5,14H,1H3. The van der Waals surface area contributed by atoms with Crippen LogP contribution in [0.4, 0.5) is 0 Å². The first kappa shape index (κ1) is 8.62. The van der Waals surface area contributed by atoms with Crippen LogP contribution in [0.1, 0.15) is 15.9 Å². The number of aromatic nitrogens is 2. The number of aldehydes is 1. The molecule has 2 aromatic heterocycles. The molecule has 0 fully saturated rings. The van der Waals surface area contributed by atoms with Crippen LogP contribution in [0.3, 0.4) is 0 Å². The Labute approximate surface area is 80.2 Å². The average molecular weight is 188 g/mol. The lowest BCUT2D eigenvalue weighted by molar-refractivity contribution is 0.112. The van der Waals surface area contributed by atoms with Crippen LogP contribution >= 0.6 is 0 Å². The van der Waals surface area contributed by atoms with Gasteiger partial charge in [-0.05, 0) is 18.6 Å². The number of nitrogens with zero attached hydrogens (tertiary/aromatic N) is 2. The van der Waals surface area contributed by atoms with E-state index in [2.05, 4.69) is 9.97 Å². The van der Waals surface area contributed by atoms with Gasteiger partial charge in [-0.1, -0.05) is 0 Å². The third-order valence-electron chi connectivity index (χ3n) is 1.98. The summed E-state index contributed by atoms with van der Waals surface area (Å²) < 4.78 is 0. The Morgan fingerprint density at radius 2 is 2.14 bits per heavy atom. The summed E-state index contributed by atoms with van der Waals surface area (Å²) in [7, 11) is 0. The van der Waals surface area contributed by atoms with Crippen molar-refractivity contribution in [2.75, 3.05) is 0 Å². The Kier molecular flexibility index (Phi) is 1.89. The fraction of sp³-hybridized carbons (Fsp3) is 0.100. The smallest absolute Gasteiger partial charge is 0.156 e. The molecule has 0 saturated heterocycles. The van der Waals surface area contributed by atoms with Crippen molar-refractivity contribution in [2.45, 2.75) is 6.92 Å². The normalized spacial score (nSPS) is 10.4. The van der Waals surface area contributed by atoms with Crippen LogP contribution in [0.5, 0.6) is 5.75 Å². The zero-order valence-corrected chi connectivity index (χ0v) is 7.56. The van der Waals surface area contributed by atoms with E-state index in [9.17, 15) is 9.90 Å². The predicted octanol–water partition coefficient (Wildman–Crippen LogP) is 1.46. The summed E-state index contributed by atoms with van der Waals surface area (Å²) in [5.74, 6) is -0.135. The summed E-state index contributed by atoms with van der Waals surface area (Å²) in [5.41, 5.74) is 2.21. The van der Waals surface area contributed by atoms with Gasteiger partial charge in [0.2, 0.25) is 0 Å². The Balaban J connectivity index is 2.88. The Bertz CT molecular complexity index is 509. The summed E-state index contributed by atoms with van der Waals surface area (Å²) in [5, 5.41) is 9.34. The van der Waals surface area contributed by atoms with Crippen LogP contribution in [0.15, 0.2) is 18.5 Å². The number of pyridine rings is 2. The van der Waals surface area contributed by atoms with Gasteiger partial charge in [-0.15, -0.1) is 0 Å². The quantitative estimate of drug-likeness (QED) is 0.688. The molecule has 0 atom stereocenters. The highest BCUT2D eigenvalue weighted by molar-refractivity contribution is 5.96. The van der Waals surface area contributed by atoms with Crippen LogP contribution in [-0.2, 0) is 0 Å². The van der Waals surface area contributed by atoms with Crippen molar-refractivity contribution in [1.82, 2.24) is 9.97 Å². The molecule has 0 amide bonds. The van der Waals surface area contributed by atoms with Gasteiger partial charge in [0.1, 0.15) is 11.3 Å². The van der Waals surface area contributed by atoms with Crippen LogP contribution in [-0.4, -0.2) is 21.4 Å². The largest absolute Gasteiger partial charge is 0.505 e. The number of hydrogen-bond acceptors (Lipinski definition) is 4. The molecule has 0 radical (unpaired) electrons. The summed E-state index contributed by atoms with van der Waals surface area (Å²) in [6.07, 6.45) is 3.48. The third kappa shape index (κ3) is 1.21. The monoisotopic (exact) mass is 188 g/mol. The molecule has 0 unspecified atom stereocenters. The molecular weight excluding hydrogens is 180 g/mol. The molecule has 14 heavy (non-hydrogen) atoms. The minimum Gasteiger partial charge on any atom is -0.505 e. The molecule has 0 spiro atoms. The topological polar surface area (TPSA) is 63.1 Å². The summed E-state index contributed by atoms with van der Waals surface area (Å²) in [6, 6.07) is 1.81. The van der Waals surface area contributed by atoms with Gasteiger partial charge >= 0.3 is 0 Å². The van der Waals surface area contributed by atoms with Gasteiger partial charge in [0, 0.05) is 6.20 Å². The number of aromatic hydroxyl groups is 1. The second-order valence-electron chi connectivity index (χ2n) is 3.06. The predicted molar refractivity (Wildman–Crippen MR) is 51.3 cm³/mol. The van der Waals surface area contributed by atoms with Crippen LogP contribution in [0.2, 0.25) is 0 Å². The minimum absolute atomic E-state index is 0.135. The van der Waals surface area contributed by atoms with E-state index < -0.39 is 0 Å². The number of carbonyl (C=O) groups is 1. The van der Waals surface area contributed by atoms with Gasteiger partial charge in [-0.25, -0.2) is 0 Å². The second-order valence-corrected chi connectivity index (χ2v) is 3.06. The van der Waals surface area contributed by atoms with E-state index in [1.54, 1.807) is 6.20 Å². The molecule has 2 heterocycles. The SMILES string of the molecule is Cc1cnc2c(C=O)c(O)cnc2c1. The number of aryl methyl sites for hydroxylation is 1. The zero-order valence-electron chi connectivity index (χ0n) is 7.56. The van der Waals surface area contributed by atoms with E-state index in [4.69, 9.17) is 0 Å². The molecule has 1 N–H and O–H groups in total. The van der Waals surface area contributed by atoms with E-state index in [1.165, 1.54) is 6.20 Å². The van der Waals surface area contributed by atoms with Crippen molar-refractivity contribution in [3.8, 4) is 5.75 Å². The third-order valence-corrected chi connectivity index (χ3v) is 1.98. The van der Waals surface area contributed by atoms with Crippen molar-refractivity contribution in [2.24, 2.45) is 0 Å². The van der Waals surface area contributed by atoms with Gasteiger partial charge in [0.05, 0.1) is 17.3 Å². The lowest BCUT2D eigenvalue weighted by Gasteiger charge is -2.01. The number of rotatable bonds is 1. The maximum atomic E-state index is 10.7. The molecule has 70 valence electrons. The van der Waals surface area contributed by atoms with Gasteiger partial charge in [0.15, 0.2) is 6.29 Å². The first-order valence-corrected chi connectivity index (χ1v) is 4.12. The zero-order chi connectivity index (χ0) is 10.1. The number of carbonyl (C=O) groups excluding carboxylic acids is 1. The van der Waals surface area contributed by atoms with Crippen LogP contribution in [0, 0.1) is 6.92 Å². The molecule has 0 bridgehead atoms. The first-order chi connectivity index (χ1) is 6.72.